The summed E-state index contributed by atoms with van der Waals surface area (Å²) in [5.41, 5.74) is 0.560. The van der Waals surface area contributed by atoms with Gasteiger partial charge in [0.15, 0.2) is 0 Å². The first kappa shape index (κ1) is 10.6. The molecule has 0 spiro atoms. The van der Waals surface area contributed by atoms with Crippen LogP contribution in [0.25, 0.3) is 0 Å². The summed E-state index contributed by atoms with van der Waals surface area (Å²) >= 11 is 0. The molecule has 0 saturated carbocycles. The summed E-state index contributed by atoms with van der Waals surface area (Å²) in [5, 5.41) is 23.4. The van der Waals surface area contributed by atoms with Crippen LogP contribution in [0, 0.1) is 0 Å². The van der Waals surface area contributed by atoms with E-state index in [4.69, 9.17) is 0 Å². The molecule has 3 nitrogen and oxygen atoms in total. The van der Waals surface area contributed by atoms with Crippen molar-refractivity contribution in [1.82, 2.24) is 5.32 Å². The summed E-state index contributed by atoms with van der Waals surface area (Å²) in [6, 6.07) is 8.74. The maximum absolute atomic E-state index is 10.1. The van der Waals surface area contributed by atoms with Crippen LogP contribution < -0.4 is 5.32 Å². The zero-order valence-corrected chi connectivity index (χ0v) is 8.69. The van der Waals surface area contributed by atoms with E-state index in [0.29, 0.717) is 5.56 Å². The topological polar surface area (TPSA) is 52.5 Å². The molecule has 0 radical (unpaired) electrons. The maximum atomic E-state index is 10.1. The van der Waals surface area contributed by atoms with Crippen LogP contribution in [-0.2, 0) is 5.79 Å². The Kier molecular flexibility index (Phi) is 3.05. The van der Waals surface area contributed by atoms with E-state index in [0.717, 1.165) is 25.8 Å². The van der Waals surface area contributed by atoms with E-state index in [1.54, 1.807) is 12.1 Å². The zero-order valence-electron chi connectivity index (χ0n) is 8.69. The van der Waals surface area contributed by atoms with Crippen molar-refractivity contribution in [3.8, 4) is 0 Å². The summed E-state index contributed by atoms with van der Waals surface area (Å²) < 4.78 is 0. The highest BCUT2D eigenvalue weighted by molar-refractivity contribution is 5.21. The van der Waals surface area contributed by atoms with Crippen molar-refractivity contribution >= 4 is 0 Å². The summed E-state index contributed by atoms with van der Waals surface area (Å²) in [4.78, 5) is 0. The van der Waals surface area contributed by atoms with Gasteiger partial charge in [-0.25, -0.2) is 0 Å². The predicted octanol–water partition coefficient (Wildman–Crippen LogP) is 0.966. The standard InChI is InChI=1S/C12H17NO2/c14-12(15,10-6-2-1-3-7-10)11-8-4-5-9-13-11/h1-3,6-7,11,13-15H,4-5,8-9H2. The highest BCUT2D eigenvalue weighted by atomic mass is 16.5. The number of hydrogen-bond donors (Lipinski definition) is 3. The summed E-state index contributed by atoms with van der Waals surface area (Å²) in [5.74, 6) is -1.75. The Morgan fingerprint density at radius 3 is 2.47 bits per heavy atom. The summed E-state index contributed by atoms with van der Waals surface area (Å²) in [7, 11) is 0. The van der Waals surface area contributed by atoms with Gasteiger partial charge in [0.25, 0.3) is 0 Å². The molecule has 0 amide bonds. The minimum absolute atomic E-state index is 0.256. The monoisotopic (exact) mass is 207 g/mol. The second kappa shape index (κ2) is 4.31. The number of piperidine rings is 1. The minimum atomic E-state index is -1.75. The van der Waals surface area contributed by atoms with Crippen LogP contribution in [0.15, 0.2) is 30.3 Å². The Balaban J connectivity index is 2.18. The van der Waals surface area contributed by atoms with Crippen LogP contribution in [0.3, 0.4) is 0 Å². The lowest BCUT2D eigenvalue weighted by Crippen LogP contribution is -2.50. The number of benzene rings is 1. The summed E-state index contributed by atoms with van der Waals surface area (Å²) in [6.07, 6.45) is 2.97. The van der Waals surface area contributed by atoms with Crippen LogP contribution in [-0.4, -0.2) is 22.8 Å². The Bertz CT molecular complexity index is 305. The van der Waals surface area contributed by atoms with Crippen molar-refractivity contribution in [1.29, 1.82) is 0 Å². The van der Waals surface area contributed by atoms with Gasteiger partial charge in [-0.2, -0.15) is 0 Å². The Hall–Kier alpha value is -0.900. The molecule has 1 aliphatic heterocycles. The van der Waals surface area contributed by atoms with Gasteiger partial charge in [0, 0.05) is 5.56 Å². The van der Waals surface area contributed by atoms with Crippen molar-refractivity contribution in [3.05, 3.63) is 35.9 Å². The second-order valence-electron chi connectivity index (χ2n) is 4.09. The molecule has 3 heteroatoms. The molecule has 1 heterocycles. The molecule has 82 valence electrons. The lowest BCUT2D eigenvalue weighted by molar-refractivity contribution is -0.196. The van der Waals surface area contributed by atoms with Crippen LogP contribution in [0.4, 0.5) is 0 Å². The quantitative estimate of drug-likeness (QED) is 0.633. The van der Waals surface area contributed by atoms with Crippen molar-refractivity contribution < 1.29 is 10.2 Å². The zero-order chi connectivity index (χ0) is 10.7. The van der Waals surface area contributed by atoms with Gasteiger partial charge in [0.05, 0.1) is 6.04 Å². The van der Waals surface area contributed by atoms with Gasteiger partial charge in [0.1, 0.15) is 0 Å². The molecular weight excluding hydrogens is 190 g/mol. The SMILES string of the molecule is OC(O)(c1ccccc1)C1CCCCN1. The van der Waals surface area contributed by atoms with Crippen LogP contribution in [0.1, 0.15) is 24.8 Å². The molecular formula is C12H17NO2. The van der Waals surface area contributed by atoms with E-state index in [1.165, 1.54) is 0 Å². The van der Waals surface area contributed by atoms with Gasteiger partial charge in [-0.15, -0.1) is 0 Å². The molecule has 1 aliphatic rings. The number of hydrogen-bond acceptors (Lipinski definition) is 3. The molecule has 0 aromatic heterocycles. The average Bonchev–Trinajstić information content (AvgIpc) is 2.31. The van der Waals surface area contributed by atoms with E-state index in [-0.39, 0.29) is 6.04 Å². The highest BCUT2D eigenvalue weighted by Crippen LogP contribution is 2.26. The fraction of sp³-hybridized carbons (Fsp3) is 0.500. The van der Waals surface area contributed by atoms with Crippen molar-refractivity contribution in [2.24, 2.45) is 0 Å². The Morgan fingerprint density at radius 2 is 1.87 bits per heavy atom. The lowest BCUT2D eigenvalue weighted by Gasteiger charge is -2.35. The first-order valence-corrected chi connectivity index (χ1v) is 5.45. The molecule has 1 aromatic carbocycles. The minimum Gasteiger partial charge on any atom is -0.361 e. The molecule has 0 bridgehead atoms. The first-order valence-electron chi connectivity index (χ1n) is 5.45. The van der Waals surface area contributed by atoms with Gasteiger partial charge >= 0.3 is 0 Å². The van der Waals surface area contributed by atoms with Crippen molar-refractivity contribution in [3.63, 3.8) is 0 Å². The van der Waals surface area contributed by atoms with Gasteiger partial charge in [-0.1, -0.05) is 36.8 Å². The van der Waals surface area contributed by atoms with E-state index in [9.17, 15) is 10.2 Å². The predicted molar refractivity (Wildman–Crippen MR) is 58.2 cm³/mol. The smallest absolute Gasteiger partial charge is 0.205 e. The molecule has 3 N–H and O–H groups in total. The molecule has 2 rings (SSSR count). The van der Waals surface area contributed by atoms with Gasteiger partial charge in [0.2, 0.25) is 5.79 Å². The first-order chi connectivity index (χ1) is 7.21. The van der Waals surface area contributed by atoms with Gasteiger partial charge in [-0.05, 0) is 19.4 Å². The van der Waals surface area contributed by atoms with E-state index < -0.39 is 5.79 Å². The summed E-state index contributed by atoms with van der Waals surface area (Å²) in [6.45, 7) is 0.861. The molecule has 1 saturated heterocycles. The Labute approximate surface area is 89.8 Å². The van der Waals surface area contributed by atoms with Crippen LogP contribution >= 0.6 is 0 Å². The second-order valence-corrected chi connectivity index (χ2v) is 4.09. The average molecular weight is 207 g/mol. The van der Waals surface area contributed by atoms with Crippen molar-refractivity contribution in [2.75, 3.05) is 6.54 Å². The van der Waals surface area contributed by atoms with Crippen LogP contribution in [0.5, 0.6) is 0 Å². The molecule has 1 unspecified atom stereocenters. The third-order valence-electron chi connectivity index (χ3n) is 2.99. The van der Waals surface area contributed by atoms with E-state index in [1.807, 2.05) is 18.2 Å². The molecule has 15 heavy (non-hydrogen) atoms. The van der Waals surface area contributed by atoms with Crippen LogP contribution in [0.2, 0.25) is 0 Å². The number of aliphatic hydroxyl groups is 2. The molecule has 1 atom stereocenters. The lowest BCUT2D eigenvalue weighted by atomic mass is 9.92. The normalized spacial score (nSPS) is 22.7. The fourth-order valence-electron chi connectivity index (χ4n) is 2.08. The largest absolute Gasteiger partial charge is 0.361 e. The Morgan fingerprint density at radius 1 is 1.13 bits per heavy atom. The maximum Gasteiger partial charge on any atom is 0.205 e. The third-order valence-corrected chi connectivity index (χ3v) is 2.99. The van der Waals surface area contributed by atoms with Gasteiger partial charge in [-0.3, -0.25) is 0 Å². The molecule has 1 aromatic rings. The fourth-order valence-corrected chi connectivity index (χ4v) is 2.08. The highest BCUT2D eigenvalue weighted by Gasteiger charge is 2.36. The van der Waals surface area contributed by atoms with Crippen molar-refractivity contribution in [2.45, 2.75) is 31.1 Å². The third kappa shape index (κ3) is 2.20. The number of nitrogens with one attached hydrogen (secondary N) is 1. The van der Waals surface area contributed by atoms with E-state index >= 15 is 0 Å². The van der Waals surface area contributed by atoms with Gasteiger partial charge < -0.3 is 15.5 Å². The number of rotatable bonds is 2. The molecule has 1 fully saturated rings. The molecule has 0 aliphatic carbocycles. The van der Waals surface area contributed by atoms with E-state index in [2.05, 4.69) is 5.32 Å².